The fourth-order valence-corrected chi connectivity index (χ4v) is 2.49. The van der Waals surface area contributed by atoms with Crippen molar-refractivity contribution in [2.24, 2.45) is 5.73 Å². The van der Waals surface area contributed by atoms with Crippen molar-refractivity contribution in [2.75, 3.05) is 13.7 Å². The highest BCUT2D eigenvalue weighted by molar-refractivity contribution is 6.42. The molecule has 0 bridgehead atoms. The Labute approximate surface area is 129 Å². The number of nitrogens with two attached hydrogens (primary N) is 1. The molecule has 0 saturated carbocycles. The number of hydrogen-bond acceptors (Lipinski definition) is 2. The lowest BCUT2D eigenvalue weighted by molar-refractivity contribution is 0.414. The maximum absolute atomic E-state index is 6.05. The van der Waals surface area contributed by atoms with Gasteiger partial charge in [0, 0.05) is 5.92 Å². The SMILES string of the molecule is COc1ccc(C(CN)Cc2ccc(Cl)c(Cl)c2)cc1. The van der Waals surface area contributed by atoms with E-state index in [1.54, 1.807) is 7.11 Å². The Balaban J connectivity index is 2.16. The van der Waals surface area contributed by atoms with Crippen molar-refractivity contribution < 1.29 is 4.74 Å². The largest absolute Gasteiger partial charge is 0.497 e. The van der Waals surface area contributed by atoms with Gasteiger partial charge in [-0.3, -0.25) is 0 Å². The van der Waals surface area contributed by atoms with Crippen molar-refractivity contribution in [2.45, 2.75) is 12.3 Å². The van der Waals surface area contributed by atoms with Crippen molar-refractivity contribution in [3.8, 4) is 5.75 Å². The predicted octanol–water partition coefficient (Wildman–Crippen LogP) is 4.29. The third-order valence-electron chi connectivity index (χ3n) is 3.34. The Morgan fingerprint density at radius 2 is 1.75 bits per heavy atom. The first-order valence-corrected chi connectivity index (χ1v) is 7.17. The van der Waals surface area contributed by atoms with Crippen LogP contribution >= 0.6 is 23.2 Å². The molecule has 2 nitrogen and oxygen atoms in total. The normalized spacial score (nSPS) is 12.2. The number of halogens is 2. The molecule has 0 saturated heterocycles. The average Bonchev–Trinajstić information content (AvgIpc) is 2.48. The minimum absolute atomic E-state index is 0.248. The van der Waals surface area contributed by atoms with E-state index in [1.165, 1.54) is 5.56 Å². The summed E-state index contributed by atoms with van der Waals surface area (Å²) < 4.78 is 5.17. The minimum Gasteiger partial charge on any atom is -0.497 e. The molecule has 2 N–H and O–H groups in total. The Morgan fingerprint density at radius 1 is 1.05 bits per heavy atom. The van der Waals surface area contributed by atoms with Crippen LogP contribution in [-0.2, 0) is 6.42 Å². The van der Waals surface area contributed by atoms with Crippen LogP contribution in [0.25, 0.3) is 0 Å². The Bertz CT molecular complexity index is 569. The second-order valence-electron chi connectivity index (χ2n) is 4.66. The quantitative estimate of drug-likeness (QED) is 0.894. The molecule has 2 aromatic rings. The van der Waals surface area contributed by atoms with Gasteiger partial charge < -0.3 is 10.5 Å². The lowest BCUT2D eigenvalue weighted by Gasteiger charge is -2.16. The van der Waals surface area contributed by atoms with E-state index in [0.29, 0.717) is 16.6 Å². The first-order chi connectivity index (χ1) is 9.63. The molecule has 106 valence electrons. The molecule has 1 unspecified atom stereocenters. The smallest absolute Gasteiger partial charge is 0.118 e. The van der Waals surface area contributed by atoms with E-state index >= 15 is 0 Å². The summed E-state index contributed by atoms with van der Waals surface area (Å²) in [5.74, 6) is 1.09. The average molecular weight is 310 g/mol. The van der Waals surface area contributed by atoms with E-state index in [2.05, 4.69) is 0 Å². The van der Waals surface area contributed by atoms with E-state index in [-0.39, 0.29) is 5.92 Å². The number of methoxy groups -OCH3 is 1. The highest BCUT2D eigenvalue weighted by Gasteiger charge is 2.12. The first kappa shape index (κ1) is 15.2. The number of hydrogen-bond donors (Lipinski definition) is 1. The van der Waals surface area contributed by atoms with Crippen molar-refractivity contribution >= 4 is 23.2 Å². The van der Waals surface area contributed by atoms with Gasteiger partial charge in [-0.05, 0) is 48.4 Å². The molecule has 0 radical (unpaired) electrons. The number of ether oxygens (including phenoxy) is 1. The molecule has 0 aliphatic carbocycles. The molecule has 2 rings (SSSR count). The summed E-state index contributed by atoms with van der Waals surface area (Å²) in [7, 11) is 1.66. The summed E-state index contributed by atoms with van der Waals surface area (Å²) >= 11 is 12.0. The second kappa shape index (κ2) is 6.98. The zero-order valence-corrected chi connectivity index (χ0v) is 12.8. The summed E-state index contributed by atoms with van der Waals surface area (Å²) in [5.41, 5.74) is 8.22. The van der Waals surface area contributed by atoms with Crippen LogP contribution in [0.1, 0.15) is 17.0 Å². The van der Waals surface area contributed by atoms with Gasteiger partial charge in [0.05, 0.1) is 17.2 Å². The van der Waals surface area contributed by atoms with E-state index < -0.39 is 0 Å². The minimum atomic E-state index is 0.248. The summed E-state index contributed by atoms with van der Waals surface area (Å²) in [6.45, 7) is 0.576. The van der Waals surface area contributed by atoms with Gasteiger partial charge in [-0.2, -0.15) is 0 Å². The van der Waals surface area contributed by atoms with Gasteiger partial charge in [-0.15, -0.1) is 0 Å². The highest BCUT2D eigenvalue weighted by atomic mass is 35.5. The van der Waals surface area contributed by atoms with E-state index in [1.807, 2.05) is 42.5 Å². The highest BCUT2D eigenvalue weighted by Crippen LogP contribution is 2.27. The molecule has 4 heteroatoms. The molecule has 20 heavy (non-hydrogen) atoms. The topological polar surface area (TPSA) is 35.2 Å². The van der Waals surface area contributed by atoms with Crippen molar-refractivity contribution in [3.63, 3.8) is 0 Å². The Morgan fingerprint density at radius 3 is 2.30 bits per heavy atom. The molecular formula is C16H17Cl2NO. The van der Waals surface area contributed by atoms with E-state index in [9.17, 15) is 0 Å². The van der Waals surface area contributed by atoms with Crippen LogP contribution in [-0.4, -0.2) is 13.7 Å². The van der Waals surface area contributed by atoms with Crippen LogP contribution in [0.15, 0.2) is 42.5 Å². The van der Waals surface area contributed by atoms with Gasteiger partial charge in [-0.25, -0.2) is 0 Å². The van der Waals surface area contributed by atoms with Crippen LogP contribution < -0.4 is 10.5 Å². The zero-order valence-electron chi connectivity index (χ0n) is 11.3. The molecule has 0 spiro atoms. The van der Waals surface area contributed by atoms with Gasteiger partial charge in [0.2, 0.25) is 0 Å². The summed E-state index contributed by atoms with van der Waals surface area (Å²) in [6.07, 6.45) is 0.833. The molecule has 0 fully saturated rings. The molecule has 0 aliphatic rings. The maximum atomic E-state index is 6.05. The van der Waals surface area contributed by atoms with Crippen LogP contribution in [0, 0.1) is 0 Å². The van der Waals surface area contributed by atoms with E-state index in [0.717, 1.165) is 17.7 Å². The predicted molar refractivity (Wildman–Crippen MR) is 85.0 cm³/mol. The maximum Gasteiger partial charge on any atom is 0.118 e. The molecule has 0 heterocycles. The fourth-order valence-electron chi connectivity index (χ4n) is 2.16. The Kier molecular flexibility index (Phi) is 5.30. The van der Waals surface area contributed by atoms with Gasteiger partial charge in [-0.1, -0.05) is 41.4 Å². The summed E-state index contributed by atoms with van der Waals surface area (Å²) in [4.78, 5) is 0. The lowest BCUT2D eigenvalue weighted by atomic mass is 9.92. The van der Waals surface area contributed by atoms with Gasteiger partial charge >= 0.3 is 0 Å². The summed E-state index contributed by atoms with van der Waals surface area (Å²) in [6, 6.07) is 13.7. The molecule has 0 aromatic heterocycles. The van der Waals surface area contributed by atoms with Gasteiger partial charge in [0.15, 0.2) is 0 Å². The van der Waals surface area contributed by atoms with Crippen LogP contribution in [0.3, 0.4) is 0 Å². The van der Waals surface area contributed by atoms with Crippen molar-refractivity contribution in [1.29, 1.82) is 0 Å². The molecular weight excluding hydrogens is 293 g/mol. The Hall–Kier alpha value is -1.22. The molecule has 2 aromatic carbocycles. The molecule has 1 atom stereocenters. The van der Waals surface area contributed by atoms with E-state index in [4.69, 9.17) is 33.7 Å². The van der Waals surface area contributed by atoms with Crippen LogP contribution in [0.4, 0.5) is 0 Å². The zero-order chi connectivity index (χ0) is 14.5. The van der Waals surface area contributed by atoms with Gasteiger partial charge in [0.25, 0.3) is 0 Å². The molecule has 0 amide bonds. The van der Waals surface area contributed by atoms with Crippen LogP contribution in [0.5, 0.6) is 5.75 Å². The number of rotatable bonds is 5. The van der Waals surface area contributed by atoms with Gasteiger partial charge in [0.1, 0.15) is 5.75 Å². The standard InChI is InChI=1S/C16H17Cl2NO/c1-20-14-5-3-12(4-6-14)13(10-19)8-11-2-7-15(17)16(18)9-11/h2-7,9,13H,8,10,19H2,1H3. The van der Waals surface area contributed by atoms with Crippen molar-refractivity contribution in [1.82, 2.24) is 0 Å². The third kappa shape index (κ3) is 3.66. The van der Waals surface area contributed by atoms with Crippen LogP contribution in [0.2, 0.25) is 10.0 Å². The third-order valence-corrected chi connectivity index (χ3v) is 4.08. The monoisotopic (exact) mass is 309 g/mol. The fraction of sp³-hybridized carbons (Fsp3) is 0.250. The van der Waals surface area contributed by atoms with Crippen molar-refractivity contribution in [3.05, 3.63) is 63.6 Å². The summed E-state index contributed by atoms with van der Waals surface area (Å²) in [5, 5.41) is 1.15. The first-order valence-electron chi connectivity index (χ1n) is 6.42. The second-order valence-corrected chi connectivity index (χ2v) is 5.47. The number of benzene rings is 2. The molecule has 0 aliphatic heterocycles. The lowest BCUT2D eigenvalue weighted by Crippen LogP contribution is -2.15.